The molecule has 0 fully saturated rings. The Labute approximate surface area is 197 Å². The highest BCUT2D eigenvalue weighted by Crippen LogP contribution is 2.35. The van der Waals surface area contributed by atoms with Crippen molar-refractivity contribution in [2.75, 3.05) is 7.11 Å². The van der Waals surface area contributed by atoms with E-state index in [4.69, 9.17) is 21.1 Å². The van der Waals surface area contributed by atoms with Gasteiger partial charge >= 0.3 is 6.03 Å². The number of Topliss-reactive ketones (excluding diaryl/α,β-unsaturated/α-hetero) is 1. The van der Waals surface area contributed by atoms with Crippen molar-refractivity contribution in [1.82, 2.24) is 10.6 Å². The summed E-state index contributed by atoms with van der Waals surface area (Å²) in [5.41, 5.74) is 3.20. The van der Waals surface area contributed by atoms with E-state index in [9.17, 15) is 9.59 Å². The third-order valence-electron chi connectivity index (χ3n) is 5.38. The van der Waals surface area contributed by atoms with E-state index in [-0.39, 0.29) is 11.8 Å². The number of nitrogens with one attached hydrogen (secondary N) is 2. The maximum absolute atomic E-state index is 13.3. The molecule has 0 radical (unpaired) electrons. The second-order valence-electron chi connectivity index (χ2n) is 7.59. The van der Waals surface area contributed by atoms with E-state index in [0.717, 1.165) is 5.56 Å². The van der Waals surface area contributed by atoms with Crippen LogP contribution in [-0.2, 0) is 6.61 Å². The van der Waals surface area contributed by atoms with Gasteiger partial charge in [0.2, 0.25) is 0 Å². The zero-order valence-electron chi connectivity index (χ0n) is 18.2. The lowest BCUT2D eigenvalue weighted by atomic mass is 9.89. The summed E-state index contributed by atoms with van der Waals surface area (Å²) in [6.07, 6.45) is 0. The normalized spacial score (nSPS) is 15.5. The summed E-state index contributed by atoms with van der Waals surface area (Å²) in [4.78, 5) is 25.5. The largest absolute Gasteiger partial charge is 0.493 e. The maximum Gasteiger partial charge on any atom is 0.319 e. The first-order chi connectivity index (χ1) is 16.0. The Balaban J connectivity index is 1.63. The molecule has 1 unspecified atom stereocenters. The number of ether oxygens (including phenoxy) is 2. The minimum atomic E-state index is -0.634. The fraction of sp³-hybridized carbons (Fsp3) is 0.154. The van der Waals surface area contributed by atoms with Crippen molar-refractivity contribution < 1.29 is 19.1 Å². The van der Waals surface area contributed by atoms with Gasteiger partial charge in [0.05, 0.1) is 13.2 Å². The van der Waals surface area contributed by atoms with Crippen molar-refractivity contribution in [2.45, 2.75) is 19.6 Å². The van der Waals surface area contributed by atoms with Crippen LogP contribution in [0, 0.1) is 0 Å². The molecule has 2 amide bonds. The summed E-state index contributed by atoms with van der Waals surface area (Å²) in [7, 11) is 1.55. The van der Waals surface area contributed by atoms with Gasteiger partial charge in [-0.05, 0) is 42.3 Å². The van der Waals surface area contributed by atoms with Gasteiger partial charge in [-0.15, -0.1) is 0 Å². The lowest BCUT2D eigenvalue weighted by molar-refractivity contribution is 0.102. The number of carbonyl (C=O) groups is 2. The van der Waals surface area contributed by atoms with E-state index in [1.807, 2.05) is 36.4 Å². The van der Waals surface area contributed by atoms with Crippen LogP contribution in [0.2, 0.25) is 5.02 Å². The van der Waals surface area contributed by atoms with Crippen LogP contribution in [0.5, 0.6) is 11.5 Å². The molecule has 0 spiro atoms. The van der Waals surface area contributed by atoms with Crippen molar-refractivity contribution in [2.24, 2.45) is 0 Å². The number of amides is 2. The summed E-state index contributed by atoms with van der Waals surface area (Å²) in [6.45, 7) is 2.07. The van der Waals surface area contributed by atoms with Crippen LogP contribution in [0.25, 0.3) is 0 Å². The van der Waals surface area contributed by atoms with Gasteiger partial charge in [0.1, 0.15) is 6.61 Å². The molecule has 4 rings (SSSR count). The quantitative estimate of drug-likeness (QED) is 0.458. The Hall–Kier alpha value is -3.77. The van der Waals surface area contributed by atoms with Crippen molar-refractivity contribution in [3.05, 3.63) is 106 Å². The van der Waals surface area contributed by atoms with E-state index < -0.39 is 6.04 Å². The van der Waals surface area contributed by atoms with E-state index >= 15 is 0 Å². The molecule has 6 nitrogen and oxygen atoms in total. The van der Waals surface area contributed by atoms with Crippen LogP contribution in [-0.4, -0.2) is 18.9 Å². The first kappa shape index (κ1) is 22.4. The van der Waals surface area contributed by atoms with Gasteiger partial charge in [-0.25, -0.2) is 4.79 Å². The number of methoxy groups -OCH3 is 1. The standard InChI is InChI=1S/C26H23ClN2O4/c1-16-23(25(30)18-6-4-3-5-7-18)24(29-26(31)28-16)19-10-13-21(22(14-19)32-2)33-15-17-8-11-20(27)12-9-17/h3-14,24H,15H2,1-2H3,(H2,28,29,31). The Morgan fingerprint density at radius 1 is 1.00 bits per heavy atom. The number of hydrogen-bond acceptors (Lipinski definition) is 4. The molecule has 3 aromatic rings. The number of urea groups is 1. The molecule has 1 atom stereocenters. The average Bonchev–Trinajstić information content (AvgIpc) is 2.83. The topological polar surface area (TPSA) is 76.7 Å². The van der Waals surface area contributed by atoms with Crippen LogP contribution in [0.3, 0.4) is 0 Å². The van der Waals surface area contributed by atoms with Gasteiger partial charge in [-0.1, -0.05) is 60.1 Å². The molecule has 2 N–H and O–H groups in total. The second kappa shape index (κ2) is 9.79. The molecular formula is C26H23ClN2O4. The van der Waals surface area contributed by atoms with Crippen molar-refractivity contribution >= 4 is 23.4 Å². The van der Waals surface area contributed by atoms with Gasteiger partial charge in [0, 0.05) is 21.9 Å². The van der Waals surface area contributed by atoms with Crippen molar-refractivity contribution in [3.8, 4) is 11.5 Å². The number of hydrogen-bond donors (Lipinski definition) is 2. The second-order valence-corrected chi connectivity index (χ2v) is 8.03. The van der Waals surface area contributed by atoms with Crippen LogP contribution in [0.4, 0.5) is 4.79 Å². The van der Waals surface area contributed by atoms with E-state index in [2.05, 4.69) is 10.6 Å². The molecule has 7 heteroatoms. The van der Waals surface area contributed by atoms with Gasteiger partial charge in [0.15, 0.2) is 17.3 Å². The molecule has 168 valence electrons. The smallest absolute Gasteiger partial charge is 0.319 e. The highest BCUT2D eigenvalue weighted by molar-refractivity contribution is 6.30. The van der Waals surface area contributed by atoms with E-state index in [1.54, 1.807) is 50.4 Å². The first-order valence-corrected chi connectivity index (χ1v) is 10.8. The predicted octanol–water partition coefficient (Wildman–Crippen LogP) is 5.44. The maximum atomic E-state index is 13.3. The fourth-order valence-corrected chi connectivity index (χ4v) is 3.84. The Morgan fingerprint density at radius 3 is 2.42 bits per heavy atom. The molecule has 0 aromatic heterocycles. The zero-order chi connectivity index (χ0) is 23.4. The number of allylic oxidation sites excluding steroid dienone is 1. The SMILES string of the molecule is COc1cc(C2NC(=O)NC(C)=C2C(=O)c2ccccc2)ccc1OCc1ccc(Cl)cc1. The minimum Gasteiger partial charge on any atom is -0.493 e. The monoisotopic (exact) mass is 462 g/mol. The van der Waals surface area contributed by atoms with Crippen molar-refractivity contribution in [3.63, 3.8) is 0 Å². The molecule has 0 saturated heterocycles. The van der Waals surface area contributed by atoms with Crippen LogP contribution in [0.15, 0.2) is 84.1 Å². The van der Waals surface area contributed by atoms with E-state index in [0.29, 0.717) is 45.5 Å². The lowest BCUT2D eigenvalue weighted by Gasteiger charge is -2.29. The average molecular weight is 463 g/mol. The molecular weight excluding hydrogens is 440 g/mol. The predicted molar refractivity (Wildman–Crippen MR) is 127 cm³/mol. The zero-order valence-corrected chi connectivity index (χ0v) is 19.0. The summed E-state index contributed by atoms with van der Waals surface area (Å²) in [5.74, 6) is 0.888. The van der Waals surface area contributed by atoms with E-state index in [1.165, 1.54) is 0 Å². The van der Waals surface area contributed by atoms with Crippen molar-refractivity contribution in [1.29, 1.82) is 0 Å². The Morgan fingerprint density at radius 2 is 1.73 bits per heavy atom. The summed E-state index contributed by atoms with van der Waals surface area (Å²) in [5, 5.41) is 6.23. The third kappa shape index (κ3) is 5.02. The number of rotatable bonds is 7. The number of halogens is 1. The summed E-state index contributed by atoms with van der Waals surface area (Å²) in [6, 6.07) is 20.7. The fourth-order valence-electron chi connectivity index (χ4n) is 3.71. The molecule has 33 heavy (non-hydrogen) atoms. The number of carbonyl (C=O) groups excluding carboxylic acids is 2. The van der Waals surface area contributed by atoms with Gasteiger partial charge in [-0.3, -0.25) is 4.79 Å². The van der Waals surface area contributed by atoms with Gasteiger partial charge in [0.25, 0.3) is 0 Å². The highest BCUT2D eigenvalue weighted by atomic mass is 35.5. The van der Waals surface area contributed by atoms with Gasteiger partial charge < -0.3 is 20.1 Å². The number of benzene rings is 3. The molecule has 1 aliphatic heterocycles. The lowest BCUT2D eigenvalue weighted by Crippen LogP contribution is -2.45. The molecule has 0 bridgehead atoms. The highest BCUT2D eigenvalue weighted by Gasteiger charge is 2.32. The molecule has 1 aliphatic rings. The molecule has 3 aromatic carbocycles. The summed E-state index contributed by atoms with van der Waals surface area (Å²) < 4.78 is 11.5. The van der Waals surface area contributed by atoms with Crippen LogP contribution >= 0.6 is 11.6 Å². The van der Waals surface area contributed by atoms with Gasteiger partial charge in [-0.2, -0.15) is 0 Å². The Bertz CT molecular complexity index is 1210. The van der Waals surface area contributed by atoms with Crippen LogP contribution < -0.4 is 20.1 Å². The summed E-state index contributed by atoms with van der Waals surface area (Å²) >= 11 is 5.94. The third-order valence-corrected chi connectivity index (χ3v) is 5.63. The minimum absolute atomic E-state index is 0.160. The molecule has 0 aliphatic carbocycles. The Kier molecular flexibility index (Phi) is 6.66. The number of ketones is 1. The van der Waals surface area contributed by atoms with Crippen LogP contribution in [0.1, 0.15) is 34.5 Å². The molecule has 0 saturated carbocycles. The molecule has 1 heterocycles. The first-order valence-electron chi connectivity index (χ1n) is 10.4.